The molecule has 0 bridgehead atoms. The van der Waals surface area contributed by atoms with Gasteiger partial charge >= 0.3 is 15.8 Å². The van der Waals surface area contributed by atoms with E-state index in [0.29, 0.717) is 11.1 Å². The molecule has 2 fully saturated rings. The molecule has 2 saturated heterocycles. The Hall–Kier alpha value is -4.65. The summed E-state index contributed by atoms with van der Waals surface area (Å²) in [5.74, 6) is -1.32. The highest BCUT2D eigenvalue weighted by Crippen LogP contribution is 2.46. The van der Waals surface area contributed by atoms with Crippen LogP contribution in [0, 0.1) is 0 Å². The van der Waals surface area contributed by atoms with Crippen molar-refractivity contribution in [3.05, 3.63) is 159 Å². The van der Waals surface area contributed by atoms with Crippen LogP contribution in [0.25, 0.3) is 0 Å². The monoisotopic (exact) mass is 792 g/mol. The van der Waals surface area contributed by atoms with E-state index in [2.05, 4.69) is 18.8 Å². The molecule has 57 heavy (non-hydrogen) atoms. The van der Waals surface area contributed by atoms with Crippen LogP contribution in [0.2, 0.25) is 0 Å². The fourth-order valence-electron chi connectivity index (χ4n) is 7.96. The summed E-state index contributed by atoms with van der Waals surface area (Å²) in [6.07, 6.45) is -1.51. The molecule has 0 N–H and O–H groups in total. The Balaban J connectivity index is 1.20. The maximum Gasteiger partial charge on any atom is 0.353 e. The number of hydrogen-bond acceptors (Lipinski definition) is 9. The van der Waals surface area contributed by atoms with Crippen molar-refractivity contribution in [2.75, 3.05) is 6.61 Å². The van der Waals surface area contributed by atoms with E-state index in [1.54, 1.807) is 0 Å². The third-order valence-electron chi connectivity index (χ3n) is 10.7. The van der Waals surface area contributed by atoms with Crippen LogP contribution in [0.4, 0.5) is 0 Å². The standard InChI is InChI=1S/C46H52N2O8S/c1-29(2)32-26-36(30(3)4)42(37(27-32)31(5)6)57(50,51)56-39-24-25-48(44(49)47-39)43-41-40(54-45(7,8)55-41)38(53-43)28-52-46(33-18-12-9-13-19-33,34-20-14-10-15-21-34)35-22-16-11-17-23-35/h9-27,29-31,38,40-41,43H,28H2,1-8H3/t38-,40-,41-,43-/m1/s1. The summed E-state index contributed by atoms with van der Waals surface area (Å²) >= 11 is 0. The molecule has 3 heterocycles. The van der Waals surface area contributed by atoms with E-state index in [1.165, 1.54) is 16.8 Å². The minimum atomic E-state index is -4.39. The zero-order chi connectivity index (χ0) is 40.7. The van der Waals surface area contributed by atoms with Crippen LogP contribution in [-0.2, 0) is 34.7 Å². The molecule has 0 saturated carbocycles. The van der Waals surface area contributed by atoms with E-state index < -0.39 is 51.7 Å². The van der Waals surface area contributed by atoms with Gasteiger partial charge in [-0.15, -0.1) is 0 Å². The minimum absolute atomic E-state index is 0.0728. The van der Waals surface area contributed by atoms with Crippen LogP contribution in [0.15, 0.2) is 125 Å². The Morgan fingerprint density at radius 2 is 1.23 bits per heavy atom. The summed E-state index contributed by atoms with van der Waals surface area (Å²) in [7, 11) is -4.39. The van der Waals surface area contributed by atoms with Crippen molar-refractivity contribution in [3.8, 4) is 5.88 Å². The van der Waals surface area contributed by atoms with Gasteiger partial charge < -0.3 is 23.1 Å². The lowest BCUT2D eigenvalue weighted by atomic mass is 9.80. The molecule has 0 spiro atoms. The van der Waals surface area contributed by atoms with Gasteiger partial charge in [0.05, 0.1) is 6.61 Å². The lowest BCUT2D eigenvalue weighted by Gasteiger charge is -2.37. The molecule has 0 radical (unpaired) electrons. The van der Waals surface area contributed by atoms with Crippen LogP contribution < -0.4 is 9.87 Å². The van der Waals surface area contributed by atoms with Gasteiger partial charge in [0.2, 0.25) is 5.88 Å². The van der Waals surface area contributed by atoms with Crippen molar-refractivity contribution < 1.29 is 31.5 Å². The highest BCUT2D eigenvalue weighted by Gasteiger charge is 2.57. The van der Waals surface area contributed by atoms with Gasteiger partial charge in [-0.3, -0.25) is 4.57 Å². The van der Waals surface area contributed by atoms with Gasteiger partial charge in [-0.2, -0.15) is 13.4 Å². The summed E-state index contributed by atoms with van der Waals surface area (Å²) in [5.41, 5.74) is 3.38. The molecule has 11 heteroatoms. The molecular formula is C46H52N2O8S. The second-order valence-electron chi connectivity index (χ2n) is 16.2. The third-order valence-corrected chi connectivity index (χ3v) is 12.1. The third kappa shape index (κ3) is 7.96. The molecule has 2 aliphatic heterocycles. The van der Waals surface area contributed by atoms with Gasteiger partial charge in [0.15, 0.2) is 12.0 Å². The van der Waals surface area contributed by atoms with E-state index in [-0.39, 0.29) is 35.1 Å². The average molecular weight is 793 g/mol. The number of hydrogen-bond donors (Lipinski definition) is 0. The van der Waals surface area contributed by atoms with E-state index in [0.717, 1.165) is 22.3 Å². The largest absolute Gasteiger partial charge is 0.358 e. The highest BCUT2D eigenvalue weighted by atomic mass is 32.2. The fourth-order valence-corrected chi connectivity index (χ4v) is 9.53. The minimum Gasteiger partial charge on any atom is -0.358 e. The van der Waals surface area contributed by atoms with Gasteiger partial charge in [0, 0.05) is 12.3 Å². The predicted molar refractivity (Wildman–Crippen MR) is 218 cm³/mol. The second kappa shape index (κ2) is 15.9. The van der Waals surface area contributed by atoms with Crippen molar-refractivity contribution in [2.24, 2.45) is 0 Å². The SMILES string of the molecule is CC(C)c1cc(C(C)C)c(S(=O)(=O)Oc2ccn([C@@H]3O[C@H](COC(c4ccccc4)(c4ccccc4)c4ccccc4)[C@H]4OC(C)(C)O[C@H]43)c(=O)n2)c(C(C)C)c1. The van der Waals surface area contributed by atoms with E-state index >= 15 is 0 Å². The molecule has 10 nitrogen and oxygen atoms in total. The number of benzene rings is 4. The van der Waals surface area contributed by atoms with Gasteiger partial charge in [0.1, 0.15) is 28.8 Å². The maximum absolute atomic E-state index is 14.1. The molecule has 0 aliphatic carbocycles. The molecule has 7 rings (SSSR count). The molecule has 5 aromatic rings. The van der Waals surface area contributed by atoms with Crippen molar-refractivity contribution in [1.29, 1.82) is 0 Å². The Morgan fingerprint density at radius 1 is 0.737 bits per heavy atom. The van der Waals surface area contributed by atoms with Crippen LogP contribution >= 0.6 is 0 Å². The van der Waals surface area contributed by atoms with Crippen molar-refractivity contribution in [2.45, 2.75) is 114 Å². The Bertz CT molecular complexity index is 2220. The molecule has 4 atom stereocenters. The van der Waals surface area contributed by atoms with E-state index in [4.69, 9.17) is 23.1 Å². The summed E-state index contributed by atoms with van der Waals surface area (Å²) in [4.78, 5) is 18.0. The van der Waals surface area contributed by atoms with Gasteiger partial charge in [-0.25, -0.2) is 4.79 Å². The highest BCUT2D eigenvalue weighted by molar-refractivity contribution is 7.87. The summed E-state index contributed by atoms with van der Waals surface area (Å²) in [6, 6.07) is 35.3. The summed E-state index contributed by atoms with van der Waals surface area (Å²) in [6.45, 7) is 15.7. The van der Waals surface area contributed by atoms with Gasteiger partial charge in [-0.05, 0) is 65.0 Å². The number of aromatic nitrogens is 2. The first kappa shape index (κ1) is 40.5. The molecular weight excluding hydrogens is 741 g/mol. The number of ether oxygens (including phenoxy) is 4. The molecule has 300 valence electrons. The molecule has 1 aromatic heterocycles. The molecule has 0 unspecified atom stereocenters. The Labute approximate surface area is 335 Å². The first-order chi connectivity index (χ1) is 27.1. The zero-order valence-corrected chi connectivity index (χ0v) is 34.6. The Kier molecular flexibility index (Phi) is 11.3. The lowest BCUT2D eigenvalue weighted by molar-refractivity contribution is -0.205. The number of nitrogens with zero attached hydrogens (tertiary/aromatic N) is 2. The first-order valence-corrected chi connectivity index (χ1v) is 21.0. The maximum atomic E-state index is 14.1. The average Bonchev–Trinajstić information content (AvgIpc) is 3.68. The number of rotatable bonds is 13. The fraction of sp³-hybridized carbons (Fsp3) is 0.391. The van der Waals surface area contributed by atoms with E-state index in [9.17, 15) is 13.2 Å². The number of fused-ring (bicyclic) bond motifs is 1. The van der Waals surface area contributed by atoms with Crippen molar-refractivity contribution >= 4 is 10.1 Å². The lowest BCUT2D eigenvalue weighted by Crippen LogP contribution is -2.39. The van der Waals surface area contributed by atoms with Crippen LogP contribution in [0.1, 0.15) is 113 Å². The first-order valence-electron chi connectivity index (χ1n) is 19.6. The topological polar surface area (TPSA) is 115 Å². The summed E-state index contributed by atoms with van der Waals surface area (Å²) in [5, 5.41) is 0. The van der Waals surface area contributed by atoms with Crippen molar-refractivity contribution in [3.63, 3.8) is 0 Å². The molecule has 0 amide bonds. The predicted octanol–water partition coefficient (Wildman–Crippen LogP) is 8.81. The van der Waals surface area contributed by atoms with Crippen LogP contribution in [-0.4, -0.2) is 48.7 Å². The molecule has 2 aliphatic rings. The summed E-state index contributed by atoms with van der Waals surface area (Å²) < 4.78 is 61.5. The van der Waals surface area contributed by atoms with Gasteiger partial charge in [-0.1, -0.05) is 145 Å². The Morgan fingerprint density at radius 3 is 1.68 bits per heavy atom. The normalized spacial score (nSPS) is 20.7. The quantitative estimate of drug-likeness (QED) is 0.0853. The van der Waals surface area contributed by atoms with Crippen LogP contribution in [0.3, 0.4) is 0 Å². The van der Waals surface area contributed by atoms with Crippen molar-refractivity contribution in [1.82, 2.24) is 9.55 Å². The van der Waals surface area contributed by atoms with Gasteiger partial charge in [0.25, 0.3) is 0 Å². The second-order valence-corrected chi connectivity index (χ2v) is 17.7. The smallest absolute Gasteiger partial charge is 0.353 e. The zero-order valence-electron chi connectivity index (χ0n) is 33.8. The van der Waals surface area contributed by atoms with E-state index in [1.807, 2.05) is 145 Å². The molecule has 4 aromatic carbocycles. The van der Waals surface area contributed by atoms with Crippen LogP contribution in [0.5, 0.6) is 5.88 Å².